The monoisotopic (exact) mass is 272 g/mol. The van der Waals surface area contributed by atoms with Crippen molar-refractivity contribution < 1.29 is 9.90 Å². The highest BCUT2D eigenvalue weighted by molar-refractivity contribution is 8.00. The molecule has 0 saturated carbocycles. The van der Waals surface area contributed by atoms with Gasteiger partial charge in [-0.2, -0.15) is 11.8 Å². The van der Waals surface area contributed by atoms with Crippen LogP contribution in [0.25, 0.3) is 0 Å². The van der Waals surface area contributed by atoms with Crippen molar-refractivity contribution in [2.45, 2.75) is 18.1 Å². The maximum absolute atomic E-state index is 10.9. The van der Waals surface area contributed by atoms with Gasteiger partial charge in [-0.15, -0.1) is 0 Å². The van der Waals surface area contributed by atoms with Gasteiger partial charge in [0.25, 0.3) is 0 Å². The van der Waals surface area contributed by atoms with Gasteiger partial charge in [-0.3, -0.25) is 0 Å². The van der Waals surface area contributed by atoms with Crippen LogP contribution in [-0.2, 0) is 0 Å². The summed E-state index contributed by atoms with van der Waals surface area (Å²) in [4.78, 5) is 15.0. The van der Waals surface area contributed by atoms with Crippen LogP contribution in [0, 0.1) is 0 Å². The average Bonchev–Trinajstić information content (AvgIpc) is 2.80. The van der Waals surface area contributed by atoms with E-state index in [-0.39, 0.29) is 10.6 Å². The van der Waals surface area contributed by atoms with Gasteiger partial charge >= 0.3 is 5.97 Å². The molecule has 1 aromatic rings. The molecule has 0 amide bonds. The maximum atomic E-state index is 10.9. The van der Waals surface area contributed by atoms with Crippen LogP contribution in [0.15, 0.2) is 12.3 Å². The first-order chi connectivity index (χ1) is 8.18. The fraction of sp³-hybridized carbons (Fsp3) is 0.455. The highest BCUT2D eigenvalue weighted by Gasteiger charge is 2.17. The summed E-state index contributed by atoms with van der Waals surface area (Å²) in [6, 6.07) is 1.40. The van der Waals surface area contributed by atoms with E-state index in [1.807, 2.05) is 11.8 Å². The molecule has 0 aromatic carbocycles. The van der Waals surface area contributed by atoms with E-state index in [0.29, 0.717) is 11.1 Å². The van der Waals surface area contributed by atoms with Crippen molar-refractivity contribution in [3.63, 3.8) is 0 Å². The summed E-state index contributed by atoms with van der Waals surface area (Å²) in [7, 11) is 0. The summed E-state index contributed by atoms with van der Waals surface area (Å²) in [6.07, 6.45) is 3.89. The SMILES string of the molecule is O=C(O)c1ccnc(NCC2CCCS2)c1Cl. The maximum Gasteiger partial charge on any atom is 0.337 e. The minimum Gasteiger partial charge on any atom is -0.478 e. The van der Waals surface area contributed by atoms with Gasteiger partial charge in [0, 0.05) is 18.0 Å². The number of carboxylic acid groups (broad SMARTS) is 1. The van der Waals surface area contributed by atoms with Gasteiger partial charge in [0.15, 0.2) is 0 Å². The Bertz CT molecular complexity index is 422. The molecule has 0 bridgehead atoms. The lowest BCUT2D eigenvalue weighted by Gasteiger charge is -2.12. The molecule has 92 valence electrons. The number of carboxylic acids is 1. The number of halogens is 1. The summed E-state index contributed by atoms with van der Waals surface area (Å²) in [5, 5.41) is 12.8. The summed E-state index contributed by atoms with van der Waals surface area (Å²) in [5.74, 6) is 0.623. The average molecular weight is 273 g/mol. The molecule has 0 aliphatic carbocycles. The third kappa shape index (κ3) is 3.04. The van der Waals surface area contributed by atoms with Crippen molar-refractivity contribution in [3.8, 4) is 0 Å². The number of nitrogens with zero attached hydrogens (tertiary/aromatic N) is 1. The molecule has 1 unspecified atom stereocenters. The van der Waals surface area contributed by atoms with E-state index in [2.05, 4.69) is 10.3 Å². The van der Waals surface area contributed by atoms with E-state index < -0.39 is 5.97 Å². The van der Waals surface area contributed by atoms with Crippen molar-refractivity contribution in [2.75, 3.05) is 17.6 Å². The van der Waals surface area contributed by atoms with E-state index in [0.717, 1.165) is 6.54 Å². The number of nitrogens with one attached hydrogen (secondary N) is 1. The molecule has 1 aromatic heterocycles. The Balaban J connectivity index is 2.04. The number of hydrogen-bond acceptors (Lipinski definition) is 4. The lowest BCUT2D eigenvalue weighted by atomic mass is 10.2. The highest BCUT2D eigenvalue weighted by Crippen LogP contribution is 2.28. The van der Waals surface area contributed by atoms with Crippen LogP contribution in [0.3, 0.4) is 0 Å². The molecule has 0 spiro atoms. The number of hydrogen-bond donors (Lipinski definition) is 2. The fourth-order valence-corrected chi connectivity index (χ4v) is 3.21. The molecule has 6 heteroatoms. The van der Waals surface area contributed by atoms with Gasteiger partial charge in [0.1, 0.15) is 5.82 Å². The van der Waals surface area contributed by atoms with Crippen molar-refractivity contribution in [1.29, 1.82) is 0 Å². The van der Waals surface area contributed by atoms with Crippen LogP contribution in [0.4, 0.5) is 5.82 Å². The Kier molecular flexibility index (Phi) is 4.12. The Morgan fingerprint density at radius 2 is 2.53 bits per heavy atom. The van der Waals surface area contributed by atoms with Gasteiger partial charge in [0.05, 0.1) is 10.6 Å². The number of rotatable bonds is 4. The summed E-state index contributed by atoms with van der Waals surface area (Å²) >= 11 is 7.90. The zero-order valence-electron chi connectivity index (χ0n) is 9.15. The van der Waals surface area contributed by atoms with Gasteiger partial charge in [-0.25, -0.2) is 9.78 Å². The third-order valence-electron chi connectivity index (χ3n) is 2.64. The molecule has 2 heterocycles. The second-order valence-corrected chi connectivity index (χ2v) is 5.63. The van der Waals surface area contributed by atoms with Crippen LogP contribution in [-0.4, -0.2) is 33.6 Å². The fourth-order valence-electron chi connectivity index (χ4n) is 1.75. The number of pyridine rings is 1. The predicted molar refractivity (Wildman–Crippen MR) is 70.2 cm³/mol. The molecule has 1 aliphatic heterocycles. The van der Waals surface area contributed by atoms with Crippen LogP contribution in [0.2, 0.25) is 5.02 Å². The molecule has 17 heavy (non-hydrogen) atoms. The normalized spacial score (nSPS) is 19.2. The minimum atomic E-state index is -1.03. The van der Waals surface area contributed by atoms with Crippen LogP contribution >= 0.6 is 23.4 Å². The third-order valence-corrected chi connectivity index (χ3v) is 4.42. The quantitative estimate of drug-likeness (QED) is 0.882. The van der Waals surface area contributed by atoms with Gasteiger partial charge < -0.3 is 10.4 Å². The van der Waals surface area contributed by atoms with E-state index in [1.165, 1.54) is 30.9 Å². The molecule has 0 radical (unpaired) electrons. The molecular formula is C11H13ClN2O2S. The van der Waals surface area contributed by atoms with Gasteiger partial charge in [-0.1, -0.05) is 11.6 Å². The van der Waals surface area contributed by atoms with Crippen LogP contribution in [0.5, 0.6) is 0 Å². The van der Waals surface area contributed by atoms with Crippen molar-refractivity contribution in [1.82, 2.24) is 4.98 Å². The first kappa shape index (κ1) is 12.5. The second-order valence-electron chi connectivity index (χ2n) is 3.84. The molecule has 1 saturated heterocycles. The molecular weight excluding hydrogens is 260 g/mol. The largest absolute Gasteiger partial charge is 0.478 e. The molecule has 1 atom stereocenters. The van der Waals surface area contributed by atoms with E-state index >= 15 is 0 Å². The first-order valence-electron chi connectivity index (χ1n) is 5.41. The van der Waals surface area contributed by atoms with Gasteiger partial charge in [-0.05, 0) is 24.7 Å². The number of thioether (sulfide) groups is 1. The van der Waals surface area contributed by atoms with Crippen molar-refractivity contribution in [2.24, 2.45) is 0 Å². The van der Waals surface area contributed by atoms with Gasteiger partial charge in [0.2, 0.25) is 0 Å². The molecule has 2 N–H and O–H groups in total. The summed E-state index contributed by atoms with van der Waals surface area (Å²) in [6.45, 7) is 0.778. The predicted octanol–water partition coefficient (Wildman–Crippen LogP) is 2.74. The Morgan fingerprint density at radius 3 is 3.18 bits per heavy atom. The second kappa shape index (κ2) is 5.60. The Labute approximate surface area is 109 Å². The zero-order chi connectivity index (χ0) is 12.3. The molecule has 2 rings (SSSR count). The lowest BCUT2D eigenvalue weighted by molar-refractivity contribution is 0.0697. The first-order valence-corrected chi connectivity index (χ1v) is 6.84. The Hall–Kier alpha value is -0.940. The molecule has 4 nitrogen and oxygen atoms in total. The zero-order valence-corrected chi connectivity index (χ0v) is 10.7. The van der Waals surface area contributed by atoms with Crippen LogP contribution in [0.1, 0.15) is 23.2 Å². The van der Waals surface area contributed by atoms with E-state index in [1.54, 1.807) is 0 Å². The number of aromatic carboxylic acids is 1. The van der Waals surface area contributed by atoms with Crippen LogP contribution < -0.4 is 5.32 Å². The van der Waals surface area contributed by atoms with Crippen molar-refractivity contribution >= 4 is 35.1 Å². The lowest BCUT2D eigenvalue weighted by Crippen LogP contribution is -2.15. The minimum absolute atomic E-state index is 0.0863. The highest BCUT2D eigenvalue weighted by atomic mass is 35.5. The smallest absolute Gasteiger partial charge is 0.337 e. The standard InChI is InChI=1S/C11H13ClN2O2S/c12-9-8(11(15)16)3-4-13-10(9)14-6-7-2-1-5-17-7/h3-4,7H,1-2,5-6H2,(H,13,14)(H,15,16). The topological polar surface area (TPSA) is 62.2 Å². The summed E-state index contributed by atoms with van der Waals surface area (Å²) < 4.78 is 0. The Morgan fingerprint density at radius 1 is 1.71 bits per heavy atom. The van der Waals surface area contributed by atoms with Crippen molar-refractivity contribution in [3.05, 3.63) is 22.8 Å². The number of aromatic nitrogens is 1. The van der Waals surface area contributed by atoms with E-state index in [4.69, 9.17) is 16.7 Å². The van der Waals surface area contributed by atoms with E-state index in [9.17, 15) is 4.79 Å². The molecule has 1 aliphatic rings. The number of carbonyl (C=O) groups is 1. The number of anilines is 1. The molecule has 1 fully saturated rings. The summed E-state index contributed by atoms with van der Waals surface area (Å²) in [5.41, 5.74) is 0.0863.